The third kappa shape index (κ3) is 4.38. The van der Waals surface area contributed by atoms with Gasteiger partial charge in [-0.1, -0.05) is 11.8 Å². The van der Waals surface area contributed by atoms with E-state index in [1.54, 1.807) is 24.5 Å². The summed E-state index contributed by atoms with van der Waals surface area (Å²) in [7, 11) is 0. The zero-order chi connectivity index (χ0) is 14.0. The van der Waals surface area contributed by atoms with Gasteiger partial charge in [-0.25, -0.2) is 4.98 Å². The van der Waals surface area contributed by atoms with Crippen LogP contribution in [0.15, 0.2) is 43.1 Å². The zero-order valence-electron chi connectivity index (χ0n) is 10.6. The van der Waals surface area contributed by atoms with Crippen molar-refractivity contribution in [3.8, 4) is 17.6 Å². The second-order valence-electron chi connectivity index (χ2n) is 3.60. The number of carbonyl (C=O) groups excluding carboxylic acids is 1. The molecule has 6 heteroatoms. The number of hydrogen-bond donors (Lipinski definition) is 1. The Morgan fingerprint density at radius 3 is 2.85 bits per heavy atom. The van der Waals surface area contributed by atoms with Gasteiger partial charge in [0.25, 0.3) is 5.91 Å². The summed E-state index contributed by atoms with van der Waals surface area (Å²) in [6.45, 7) is 0.471. The molecule has 6 nitrogen and oxygen atoms in total. The third-order valence-electron chi connectivity index (χ3n) is 2.20. The standard InChI is InChI=1S/C14H12N4O2/c19-14(13-11-16-7-8-17-13)18-6-1-2-9-20-12-4-3-5-15-10-12/h3-5,7-8,10-11H,6,9H2,(H,18,19). The zero-order valence-corrected chi connectivity index (χ0v) is 10.6. The molecule has 0 spiro atoms. The molecular formula is C14H12N4O2. The van der Waals surface area contributed by atoms with Crippen LogP contribution in [0.5, 0.6) is 5.75 Å². The Kier molecular flexibility index (Phi) is 5.05. The number of amides is 1. The normalized spacial score (nSPS) is 9.20. The molecule has 20 heavy (non-hydrogen) atoms. The number of nitrogens with zero attached hydrogens (tertiary/aromatic N) is 3. The van der Waals surface area contributed by atoms with E-state index in [0.717, 1.165) is 0 Å². The fourth-order valence-electron chi connectivity index (χ4n) is 1.30. The van der Waals surface area contributed by atoms with E-state index in [1.807, 2.05) is 0 Å². The summed E-state index contributed by atoms with van der Waals surface area (Å²) in [5, 5.41) is 2.61. The molecule has 2 heterocycles. The highest BCUT2D eigenvalue weighted by Crippen LogP contribution is 2.04. The van der Waals surface area contributed by atoms with E-state index in [9.17, 15) is 4.79 Å². The minimum absolute atomic E-state index is 0.228. The molecule has 0 atom stereocenters. The lowest BCUT2D eigenvalue weighted by molar-refractivity contribution is 0.0953. The van der Waals surface area contributed by atoms with Crippen molar-refractivity contribution in [2.75, 3.05) is 13.2 Å². The van der Waals surface area contributed by atoms with Gasteiger partial charge in [0.15, 0.2) is 0 Å². The van der Waals surface area contributed by atoms with E-state index in [1.165, 1.54) is 18.6 Å². The molecule has 0 radical (unpaired) electrons. The second kappa shape index (κ2) is 7.48. The fraction of sp³-hybridized carbons (Fsp3) is 0.143. The number of carbonyl (C=O) groups is 1. The van der Waals surface area contributed by atoms with Gasteiger partial charge in [-0.2, -0.15) is 0 Å². The van der Waals surface area contributed by atoms with Crippen LogP contribution in [0, 0.1) is 11.8 Å². The highest BCUT2D eigenvalue weighted by molar-refractivity contribution is 5.91. The number of nitrogens with one attached hydrogen (secondary N) is 1. The maximum absolute atomic E-state index is 11.6. The van der Waals surface area contributed by atoms with Crippen molar-refractivity contribution in [1.82, 2.24) is 20.3 Å². The predicted molar refractivity (Wildman–Crippen MR) is 71.9 cm³/mol. The van der Waals surface area contributed by atoms with Gasteiger partial charge in [-0.3, -0.25) is 14.8 Å². The van der Waals surface area contributed by atoms with Crippen molar-refractivity contribution in [2.45, 2.75) is 0 Å². The van der Waals surface area contributed by atoms with Crippen LogP contribution in [-0.2, 0) is 0 Å². The summed E-state index contributed by atoms with van der Waals surface area (Å²) in [5.74, 6) is 5.92. The van der Waals surface area contributed by atoms with Crippen molar-refractivity contribution < 1.29 is 9.53 Å². The fourth-order valence-corrected chi connectivity index (χ4v) is 1.30. The van der Waals surface area contributed by atoms with E-state index in [2.05, 4.69) is 32.1 Å². The average Bonchev–Trinajstić information content (AvgIpc) is 2.52. The van der Waals surface area contributed by atoms with E-state index in [-0.39, 0.29) is 24.8 Å². The van der Waals surface area contributed by atoms with Crippen LogP contribution >= 0.6 is 0 Å². The molecule has 1 amide bonds. The molecule has 2 rings (SSSR count). The summed E-state index contributed by atoms with van der Waals surface area (Å²) in [6, 6.07) is 3.58. The topological polar surface area (TPSA) is 77.0 Å². The van der Waals surface area contributed by atoms with Gasteiger partial charge < -0.3 is 10.1 Å². The van der Waals surface area contributed by atoms with E-state index >= 15 is 0 Å². The lowest BCUT2D eigenvalue weighted by Gasteiger charge is -2.00. The summed E-state index contributed by atoms with van der Waals surface area (Å²) < 4.78 is 5.33. The molecule has 0 bridgehead atoms. The smallest absolute Gasteiger partial charge is 0.272 e. The van der Waals surface area contributed by atoms with Crippen molar-refractivity contribution in [1.29, 1.82) is 0 Å². The minimum atomic E-state index is -0.305. The minimum Gasteiger partial charge on any atom is -0.479 e. The van der Waals surface area contributed by atoms with Crippen LogP contribution in [0.1, 0.15) is 10.5 Å². The second-order valence-corrected chi connectivity index (χ2v) is 3.60. The number of hydrogen-bond acceptors (Lipinski definition) is 5. The van der Waals surface area contributed by atoms with E-state index in [4.69, 9.17) is 4.74 Å². The number of ether oxygens (including phenoxy) is 1. The van der Waals surface area contributed by atoms with Gasteiger partial charge >= 0.3 is 0 Å². The van der Waals surface area contributed by atoms with Crippen LogP contribution in [-0.4, -0.2) is 34.0 Å². The van der Waals surface area contributed by atoms with Crippen molar-refractivity contribution in [2.24, 2.45) is 0 Å². The average molecular weight is 268 g/mol. The van der Waals surface area contributed by atoms with Crippen LogP contribution in [0.4, 0.5) is 0 Å². The van der Waals surface area contributed by atoms with E-state index in [0.29, 0.717) is 5.75 Å². The maximum atomic E-state index is 11.6. The molecular weight excluding hydrogens is 256 g/mol. The number of rotatable bonds is 4. The Morgan fingerprint density at radius 1 is 1.20 bits per heavy atom. The molecule has 0 saturated carbocycles. The Balaban J connectivity index is 1.69. The molecule has 0 unspecified atom stereocenters. The molecule has 0 aliphatic carbocycles. The first kappa shape index (κ1) is 13.5. The third-order valence-corrected chi connectivity index (χ3v) is 2.20. The lowest BCUT2D eigenvalue weighted by Crippen LogP contribution is -2.24. The molecule has 0 aliphatic rings. The van der Waals surface area contributed by atoms with Gasteiger partial charge in [0.2, 0.25) is 0 Å². The SMILES string of the molecule is O=C(NCC#CCOc1cccnc1)c1cnccn1. The summed E-state index contributed by atoms with van der Waals surface area (Å²) >= 11 is 0. The largest absolute Gasteiger partial charge is 0.479 e. The van der Waals surface area contributed by atoms with Gasteiger partial charge in [-0.15, -0.1) is 0 Å². The molecule has 1 N–H and O–H groups in total. The quantitative estimate of drug-likeness (QED) is 0.825. The van der Waals surface area contributed by atoms with Crippen LogP contribution in [0.3, 0.4) is 0 Å². The number of pyridine rings is 1. The monoisotopic (exact) mass is 268 g/mol. The molecule has 2 aromatic heterocycles. The van der Waals surface area contributed by atoms with E-state index < -0.39 is 0 Å². The van der Waals surface area contributed by atoms with Crippen molar-refractivity contribution >= 4 is 5.91 Å². The lowest BCUT2D eigenvalue weighted by atomic mass is 10.4. The van der Waals surface area contributed by atoms with Gasteiger partial charge in [0, 0.05) is 18.6 Å². The first-order valence-electron chi connectivity index (χ1n) is 5.89. The Morgan fingerprint density at radius 2 is 2.10 bits per heavy atom. The molecule has 0 fully saturated rings. The van der Waals surface area contributed by atoms with Crippen LogP contribution < -0.4 is 10.1 Å². The predicted octanol–water partition coefficient (Wildman–Crippen LogP) is 0.684. The molecule has 0 aliphatic heterocycles. The molecule has 0 saturated heterocycles. The number of aromatic nitrogens is 3. The van der Waals surface area contributed by atoms with Gasteiger partial charge in [0.1, 0.15) is 18.1 Å². The maximum Gasteiger partial charge on any atom is 0.272 e. The Labute approximate surface area is 116 Å². The van der Waals surface area contributed by atoms with Crippen LogP contribution in [0.2, 0.25) is 0 Å². The van der Waals surface area contributed by atoms with Gasteiger partial charge in [-0.05, 0) is 12.1 Å². The van der Waals surface area contributed by atoms with Crippen LogP contribution in [0.25, 0.3) is 0 Å². The Hall–Kier alpha value is -2.94. The molecule has 2 aromatic rings. The summed E-state index contributed by atoms with van der Waals surface area (Å²) in [4.78, 5) is 23.2. The highest BCUT2D eigenvalue weighted by Gasteiger charge is 2.03. The first-order valence-corrected chi connectivity index (χ1v) is 5.89. The first-order chi connectivity index (χ1) is 9.86. The summed E-state index contributed by atoms with van der Waals surface area (Å²) in [6.07, 6.45) is 7.64. The van der Waals surface area contributed by atoms with Crippen molar-refractivity contribution in [3.05, 3.63) is 48.8 Å². The highest BCUT2D eigenvalue weighted by atomic mass is 16.5. The summed E-state index contributed by atoms with van der Waals surface area (Å²) in [5.41, 5.74) is 0.265. The molecule has 100 valence electrons. The molecule has 0 aromatic carbocycles. The Bertz CT molecular complexity index is 605. The van der Waals surface area contributed by atoms with Crippen molar-refractivity contribution in [3.63, 3.8) is 0 Å². The van der Waals surface area contributed by atoms with Gasteiger partial charge in [0.05, 0.1) is 18.9 Å².